The summed E-state index contributed by atoms with van der Waals surface area (Å²) >= 11 is 0. The molecule has 2 fully saturated rings. The van der Waals surface area contributed by atoms with Crippen LogP contribution >= 0.6 is 0 Å². The average Bonchev–Trinajstić information content (AvgIpc) is 2.45. The second kappa shape index (κ2) is 7.74. The van der Waals surface area contributed by atoms with Crippen molar-refractivity contribution < 1.29 is 14.6 Å². The van der Waals surface area contributed by atoms with Gasteiger partial charge in [-0.3, -0.25) is 0 Å². The quantitative estimate of drug-likeness (QED) is 0.785. The number of β-amino-alcohol motifs (C(OH)–C–C–N with tert-alkyl or cyclic N) is 1. The fourth-order valence-electron chi connectivity index (χ4n) is 3.19. The Morgan fingerprint density at radius 3 is 2.70 bits per heavy atom. The van der Waals surface area contributed by atoms with Crippen LogP contribution in [0.4, 0.5) is 0 Å². The van der Waals surface area contributed by atoms with Gasteiger partial charge in [-0.2, -0.15) is 0 Å². The first-order valence-corrected chi connectivity index (χ1v) is 8.21. The van der Waals surface area contributed by atoms with Crippen LogP contribution in [0.3, 0.4) is 0 Å². The molecule has 1 heterocycles. The lowest BCUT2D eigenvalue weighted by molar-refractivity contribution is -0.0482. The van der Waals surface area contributed by atoms with Gasteiger partial charge in [0.25, 0.3) is 0 Å². The maximum Gasteiger partial charge on any atom is 0.0898 e. The van der Waals surface area contributed by atoms with Crippen LogP contribution in [0, 0.1) is 5.92 Å². The zero-order valence-electron chi connectivity index (χ0n) is 13.1. The minimum Gasteiger partial charge on any atom is -0.389 e. The predicted octanol–water partition coefficient (Wildman–Crippen LogP) is 2.10. The molecule has 4 nitrogen and oxygen atoms in total. The smallest absolute Gasteiger partial charge is 0.0898 e. The molecule has 1 saturated heterocycles. The van der Waals surface area contributed by atoms with Crippen LogP contribution in [-0.4, -0.2) is 49.2 Å². The molecule has 0 amide bonds. The molecular formula is C16H31NO3. The molecule has 0 aromatic rings. The Hall–Kier alpha value is -0.160. The zero-order valence-corrected chi connectivity index (χ0v) is 13.1. The number of aliphatic hydroxyl groups is 1. The Bertz CT molecular complexity index is 279. The lowest BCUT2D eigenvalue weighted by Gasteiger charge is -2.35. The zero-order chi connectivity index (χ0) is 14.4. The highest BCUT2D eigenvalue weighted by molar-refractivity contribution is 4.86. The lowest BCUT2D eigenvalue weighted by Crippen LogP contribution is -2.50. The molecular weight excluding hydrogens is 254 g/mol. The molecule has 4 heteroatoms. The van der Waals surface area contributed by atoms with Gasteiger partial charge in [0.1, 0.15) is 0 Å². The molecule has 1 aliphatic carbocycles. The van der Waals surface area contributed by atoms with Gasteiger partial charge in [-0.25, -0.2) is 0 Å². The molecule has 3 atom stereocenters. The van der Waals surface area contributed by atoms with E-state index in [0.717, 1.165) is 32.5 Å². The van der Waals surface area contributed by atoms with E-state index >= 15 is 0 Å². The molecule has 3 unspecified atom stereocenters. The Morgan fingerprint density at radius 1 is 1.30 bits per heavy atom. The Kier molecular flexibility index (Phi) is 6.27. The maximum absolute atomic E-state index is 10.1. The Labute approximate surface area is 123 Å². The summed E-state index contributed by atoms with van der Waals surface area (Å²) in [6, 6.07) is 0. The fraction of sp³-hybridized carbons (Fsp3) is 1.00. The van der Waals surface area contributed by atoms with Crippen LogP contribution in [0.2, 0.25) is 0 Å². The third-order valence-electron chi connectivity index (χ3n) is 4.90. The van der Waals surface area contributed by atoms with Crippen LogP contribution in [0.25, 0.3) is 0 Å². The van der Waals surface area contributed by atoms with Crippen LogP contribution in [0.1, 0.15) is 52.4 Å². The van der Waals surface area contributed by atoms with Crippen LogP contribution in [0.15, 0.2) is 0 Å². The molecule has 118 valence electrons. The molecule has 1 aliphatic heterocycles. The number of hydrogen-bond acceptors (Lipinski definition) is 4. The van der Waals surface area contributed by atoms with Crippen molar-refractivity contribution in [3.05, 3.63) is 0 Å². The van der Waals surface area contributed by atoms with Crippen LogP contribution in [-0.2, 0) is 9.47 Å². The number of rotatable bonds is 6. The maximum atomic E-state index is 10.1. The number of aliphatic hydroxyl groups excluding tert-OH is 1. The van der Waals surface area contributed by atoms with E-state index in [9.17, 15) is 5.11 Å². The third-order valence-corrected chi connectivity index (χ3v) is 4.90. The van der Waals surface area contributed by atoms with Crippen molar-refractivity contribution in [2.45, 2.75) is 70.1 Å². The predicted molar refractivity (Wildman–Crippen MR) is 79.8 cm³/mol. The molecule has 0 spiro atoms. The molecule has 2 aliphatic rings. The first-order chi connectivity index (χ1) is 9.59. The summed E-state index contributed by atoms with van der Waals surface area (Å²) < 4.78 is 11.3. The highest BCUT2D eigenvalue weighted by Crippen LogP contribution is 2.26. The van der Waals surface area contributed by atoms with E-state index < -0.39 is 6.10 Å². The van der Waals surface area contributed by atoms with E-state index in [1.165, 1.54) is 19.3 Å². The first kappa shape index (κ1) is 16.2. The summed E-state index contributed by atoms with van der Waals surface area (Å²) in [5.74, 6) is 0.636. The summed E-state index contributed by atoms with van der Waals surface area (Å²) in [5.41, 5.74) is 0.108. The average molecular weight is 285 g/mol. The highest BCUT2D eigenvalue weighted by atomic mass is 16.5. The van der Waals surface area contributed by atoms with Gasteiger partial charge in [-0.1, -0.05) is 19.8 Å². The molecule has 20 heavy (non-hydrogen) atoms. The molecule has 0 aromatic carbocycles. The topological polar surface area (TPSA) is 50.7 Å². The minimum absolute atomic E-state index is 0.108. The lowest BCUT2D eigenvalue weighted by atomic mass is 9.88. The van der Waals surface area contributed by atoms with Gasteiger partial charge in [-0.15, -0.1) is 0 Å². The Morgan fingerprint density at radius 2 is 2.00 bits per heavy atom. The van der Waals surface area contributed by atoms with Gasteiger partial charge < -0.3 is 19.9 Å². The number of nitrogens with one attached hydrogen (secondary N) is 1. The van der Waals surface area contributed by atoms with Gasteiger partial charge in [0, 0.05) is 25.3 Å². The van der Waals surface area contributed by atoms with Crippen molar-refractivity contribution in [2.75, 3.05) is 26.4 Å². The molecule has 0 radical (unpaired) electrons. The van der Waals surface area contributed by atoms with Gasteiger partial charge >= 0.3 is 0 Å². The van der Waals surface area contributed by atoms with Crippen LogP contribution in [0.5, 0.6) is 0 Å². The number of hydrogen-bond donors (Lipinski definition) is 2. The highest BCUT2D eigenvalue weighted by Gasteiger charge is 2.28. The van der Waals surface area contributed by atoms with Gasteiger partial charge in [-0.05, 0) is 38.5 Å². The second-order valence-corrected chi connectivity index (χ2v) is 6.84. The van der Waals surface area contributed by atoms with Crippen molar-refractivity contribution in [3.63, 3.8) is 0 Å². The van der Waals surface area contributed by atoms with E-state index in [1.807, 2.05) is 0 Å². The SMILES string of the molecule is CC1CCCCC1OCC(O)CNC1(C)CCOCC1. The van der Waals surface area contributed by atoms with E-state index in [1.54, 1.807) is 0 Å². The second-order valence-electron chi connectivity index (χ2n) is 6.84. The van der Waals surface area contributed by atoms with E-state index in [2.05, 4.69) is 19.2 Å². The van der Waals surface area contributed by atoms with Gasteiger partial charge in [0.15, 0.2) is 0 Å². The standard InChI is InChI=1S/C16H31NO3/c1-13-5-3-4-6-15(13)20-12-14(18)11-17-16(2)7-9-19-10-8-16/h13-15,17-18H,3-12H2,1-2H3. The van der Waals surface area contributed by atoms with E-state index in [-0.39, 0.29) is 5.54 Å². The summed E-state index contributed by atoms with van der Waals surface area (Å²) in [4.78, 5) is 0. The molecule has 0 aromatic heterocycles. The van der Waals surface area contributed by atoms with Crippen LogP contribution < -0.4 is 5.32 Å². The van der Waals surface area contributed by atoms with Crippen molar-refractivity contribution >= 4 is 0 Å². The summed E-state index contributed by atoms with van der Waals surface area (Å²) in [5, 5.41) is 13.6. The molecule has 0 bridgehead atoms. The molecule has 2 N–H and O–H groups in total. The third kappa shape index (κ3) is 4.99. The van der Waals surface area contributed by atoms with E-state index in [4.69, 9.17) is 9.47 Å². The fourth-order valence-corrected chi connectivity index (χ4v) is 3.19. The van der Waals surface area contributed by atoms with Crippen molar-refractivity contribution in [2.24, 2.45) is 5.92 Å². The van der Waals surface area contributed by atoms with Gasteiger partial charge in [0.2, 0.25) is 0 Å². The van der Waals surface area contributed by atoms with Crippen molar-refractivity contribution in [3.8, 4) is 0 Å². The first-order valence-electron chi connectivity index (χ1n) is 8.21. The summed E-state index contributed by atoms with van der Waals surface area (Å²) in [6.45, 7) is 7.17. The summed E-state index contributed by atoms with van der Waals surface area (Å²) in [7, 11) is 0. The van der Waals surface area contributed by atoms with Crippen molar-refractivity contribution in [1.82, 2.24) is 5.32 Å². The van der Waals surface area contributed by atoms with Crippen molar-refractivity contribution in [1.29, 1.82) is 0 Å². The largest absolute Gasteiger partial charge is 0.389 e. The molecule has 1 saturated carbocycles. The Balaban J connectivity index is 1.63. The number of ether oxygens (including phenoxy) is 2. The monoisotopic (exact) mass is 285 g/mol. The summed E-state index contributed by atoms with van der Waals surface area (Å²) in [6.07, 6.45) is 6.96. The molecule has 2 rings (SSSR count). The van der Waals surface area contributed by atoms with E-state index in [0.29, 0.717) is 25.2 Å². The van der Waals surface area contributed by atoms with Gasteiger partial charge in [0.05, 0.1) is 18.8 Å². The minimum atomic E-state index is -0.413. The normalized spacial score (nSPS) is 31.9.